The molecule has 6 nitrogen and oxygen atoms in total. The molecule has 0 saturated heterocycles. The number of rotatable bonds is 4. The second-order valence-electron chi connectivity index (χ2n) is 2.39. The second kappa shape index (κ2) is 3.70. The van der Waals surface area contributed by atoms with E-state index < -0.39 is 24.3 Å². The van der Waals surface area contributed by atoms with E-state index in [9.17, 15) is 9.59 Å². The van der Waals surface area contributed by atoms with Gasteiger partial charge in [0, 0.05) is 0 Å². The fourth-order valence-electron chi connectivity index (χ4n) is 0.882. The fourth-order valence-corrected chi connectivity index (χ4v) is 0.882. The summed E-state index contributed by atoms with van der Waals surface area (Å²) in [6.45, 7) is 0. The van der Waals surface area contributed by atoms with Crippen molar-refractivity contribution in [2.24, 2.45) is 0 Å². The summed E-state index contributed by atoms with van der Waals surface area (Å²) in [5.74, 6) is -3.54. The maximum Gasteiger partial charge on any atom is 0.314 e. The normalized spacial score (nSPS) is 12.3. The van der Waals surface area contributed by atoms with Crippen LogP contribution in [0.25, 0.3) is 0 Å². The average Bonchev–Trinajstić information content (AvgIpc) is 2.50. The molecule has 0 bridgehead atoms. The van der Waals surface area contributed by atoms with E-state index in [-0.39, 0.29) is 5.76 Å². The molecule has 0 aromatic carbocycles. The van der Waals surface area contributed by atoms with Gasteiger partial charge >= 0.3 is 11.9 Å². The van der Waals surface area contributed by atoms with E-state index in [1.54, 1.807) is 0 Å². The van der Waals surface area contributed by atoms with Crippen LogP contribution in [0.5, 0.6) is 0 Å². The van der Waals surface area contributed by atoms with Crippen LogP contribution in [-0.2, 0) is 9.59 Å². The average molecular weight is 185 g/mol. The van der Waals surface area contributed by atoms with E-state index in [1.807, 2.05) is 0 Å². The maximum absolute atomic E-state index is 10.6. The Balaban J connectivity index is 2.81. The van der Waals surface area contributed by atoms with Crippen LogP contribution in [0.1, 0.15) is 18.1 Å². The molecule has 0 saturated carbocycles. The molecule has 0 aliphatic carbocycles. The number of carboxylic acid groups (broad SMARTS) is 2. The topological polar surface area (TPSA) is 101 Å². The number of aliphatic carboxylic acids is 2. The Morgan fingerprint density at radius 2 is 2.23 bits per heavy atom. The van der Waals surface area contributed by atoms with Gasteiger partial charge in [-0.3, -0.25) is 9.59 Å². The Bertz CT molecular complexity index is 305. The Morgan fingerprint density at radius 1 is 1.54 bits per heavy atom. The highest BCUT2D eigenvalue weighted by Crippen LogP contribution is 2.18. The van der Waals surface area contributed by atoms with Gasteiger partial charge in [0.05, 0.1) is 12.6 Å². The van der Waals surface area contributed by atoms with Gasteiger partial charge in [0.1, 0.15) is 11.7 Å². The standard InChI is InChI=1S/C7H7NO5/c9-6(10)1-4(7(11)12)5-2-8-3-13-5/h2-4H,1H2,(H,9,10)(H,11,12). The number of hydrogen-bond acceptors (Lipinski definition) is 4. The summed E-state index contributed by atoms with van der Waals surface area (Å²) in [6.07, 6.45) is 1.75. The molecule has 0 spiro atoms. The molecule has 0 fully saturated rings. The first-order valence-corrected chi connectivity index (χ1v) is 3.44. The molecule has 13 heavy (non-hydrogen) atoms. The van der Waals surface area contributed by atoms with Crippen LogP contribution in [0.15, 0.2) is 17.0 Å². The lowest BCUT2D eigenvalue weighted by Gasteiger charge is -2.04. The third kappa shape index (κ3) is 2.29. The van der Waals surface area contributed by atoms with Gasteiger partial charge in [-0.15, -0.1) is 0 Å². The van der Waals surface area contributed by atoms with Gasteiger partial charge in [-0.25, -0.2) is 4.98 Å². The predicted molar refractivity (Wildman–Crippen MR) is 39.1 cm³/mol. The van der Waals surface area contributed by atoms with Crippen LogP contribution in [0.3, 0.4) is 0 Å². The Morgan fingerprint density at radius 3 is 2.62 bits per heavy atom. The second-order valence-corrected chi connectivity index (χ2v) is 2.39. The molecule has 1 heterocycles. The monoisotopic (exact) mass is 185 g/mol. The fraction of sp³-hybridized carbons (Fsp3) is 0.286. The summed E-state index contributed by atoms with van der Waals surface area (Å²) in [5.41, 5.74) is 0. The molecule has 1 rings (SSSR count). The van der Waals surface area contributed by atoms with Gasteiger partial charge in [0.15, 0.2) is 6.39 Å². The van der Waals surface area contributed by atoms with Crippen molar-refractivity contribution in [3.8, 4) is 0 Å². The highest BCUT2D eigenvalue weighted by Gasteiger charge is 2.25. The molecule has 70 valence electrons. The number of hydrogen-bond donors (Lipinski definition) is 2. The third-order valence-electron chi connectivity index (χ3n) is 1.47. The van der Waals surface area contributed by atoms with Crippen LogP contribution in [0.2, 0.25) is 0 Å². The van der Waals surface area contributed by atoms with Gasteiger partial charge in [0.2, 0.25) is 0 Å². The summed E-state index contributed by atoms with van der Waals surface area (Å²) in [7, 11) is 0. The molecule has 0 amide bonds. The van der Waals surface area contributed by atoms with E-state index in [4.69, 9.17) is 14.6 Å². The highest BCUT2D eigenvalue weighted by atomic mass is 16.4. The Kier molecular flexibility index (Phi) is 2.63. The Labute approximate surface area is 72.8 Å². The molecule has 1 aromatic heterocycles. The highest BCUT2D eigenvalue weighted by molar-refractivity contribution is 5.81. The first kappa shape index (κ1) is 9.24. The summed E-state index contributed by atoms with van der Waals surface area (Å²) in [4.78, 5) is 24.4. The summed E-state index contributed by atoms with van der Waals surface area (Å²) in [6, 6.07) is 0. The zero-order valence-corrected chi connectivity index (χ0v) is 6.51. The van der Waals surface area contributed by atoms with Crippen LogP contribution < -0.4 is 0 Å². The first-order valence-electron chi connectivity index (χ1n) is 3.44. The number of carbonyl (C=O) groups is 2. The molecule has 0 aliphatic rings. The van der Waals surface area contributed by atoms with E-state index in [1.165, 1.54) is 6.20 Å². The minimum absolute atomic E-state index is 0.0508. The van der Waals surface area contributed by atoms with E-state index >= 15 is 0 Å². The smallest absolute Gasteiger partial charge is 0.314 e. The van der Waals surface area contributed by atoms with Crippen molar-refractivity contribution in [3.05, 3.63) is 18.4 Å². The van der Waals surface area contributed by atoms with Gasteiger partial charge in [0.25, 0.3) is 0 Å². The Hall–Kier alpha value is -1.85. The molecule has 6 heteroatoms. The van der Waals surface area contributed by atoms with Gasteiger partial charge in [-0.1, -0.05) is 0 Å². The van der Waals surface area contributed by atoms with Crippen molar-refractivity contribution < 1.29 is 24.2 Å². The number of nitrogens with zero attached hydrogens (tertiary/aromatic N) is 1. The van der Waals surface area contributed by atoms with Crippen molar-refractivity contribution in [2.45, 2.75) is 12.3 Å². The summed E-state index contributed by atoms with van der Waals surface area (Å²) >= 11 is 0. The quantitative estimate of drug-likeness (QED) is 0.700. The van der Waals surface area contributed by atoms with Gasteiger partial charge in [-0.2, -0.15) is 0 Å². The van der Waals surface area contributed by atoms with Gasteiger partial charge in [-0.05, 0) is 0 Å². The molecule has 1 atom stereocenters. The minimum Gasteiger partial charge on any atom is -0.481 e. The maximum atomic E-state index is 10.6. The van der Waals surface area contributed by atoms with Crippen molar-refractivity contribution in [3.63, 3.8) is 0 Å². The molecule has 1 aromatic rings. The van der Waals surface area contributed by atoms with E-state index in [0.29, 0.717) is 0 Å². The van der Waals surface area contributed by atoms with E-state index in [2.05, 4.69) is 4.98 Å². The molecular formula is C7H7NO5. The molecule has 0 radical (unpaired) electrons. The predicted octanol–water partition coefficient (Wildman–Crippen LogP) is 0.318. The SMILES string of the molecule is O=C(O)CC(C(=O)O)c1cnco1. The van der Waals surface area contributed by atoms with E-state index in [0.717, 1.165) is 6.39 Å². The lowest BCUT2D eigenvalue weighted by atomic mass is 10.0. The number of oxazole rings is 1. The molecule has 1 unspecified atom stereocenters. The van der Waals surface area contributed by atoms with Crippen molar-refractivity contribution in [2.75, 3.05) is 0 Å². The number of carboxylic acids is 2. The molecule has 0 aliphatic heterocycles. The van der Waals surface area contributed by atoms with Crippen LogP contribution in [0, 0.1) is 0 Å². The summed E-state index contributed by atoms with van der Waals surface area (Å²) in [5, 5.41) is 17.0. The van der Waals surface area contributed by atoms with Gasteiger partial charge < -0.3 is 14.6 Å². The van der Waals surface area contributed by atoms with Crippen molar-refractivity contribution >= 4 is 11.9 Å². The minimum atomic E-state index is -1.24. The largest absolute Gasteiger partial charge is 0.481 e. The van der Waals surface area contributed by atoms with Crippen LogP contribution in [-0.4, -0.2) is 27.1 Å². The van der Waals surface area contributed by atoms with Crippen molar-refractivity contribution in [1.82, 2.24) is 4.98 Å². The lowest BCUT2D eigenvalue weighted by molar-refractivity contribution is -0.145. The van der Waals surface area contributed by atoms with Crippen LogP contribution >= 0.6 is 0 Å². The van der Waals surface area contributed by atoms with Crippen LogP contribution in [0.4, 0.5) is 0 Å². The summed E-state index contributed by atoms with van der Waals surface area (Å²) < 4.78 is 4.70. The van der Waals surface area contributed by atoms with Crippen molar-refractivity contribution in [1.29, 1.82) is 0 Å². The zero-order chi connectivity index (χ0) is 9.84. The zero-order valence-electron chi connectivity index (χ0n) is 6.51. The molecular weight excluding hydrogens is 178 g/mol. The number of aromatic nitrogens is 1. The lowest BCUT2D eigenvalue weighted by Crippen LogP contribution is -2.15. The first-order chi connectivity index (χ1) is 6.11. The molecule has 2 N–H and O–H groups in total. The third-order valence-corrected chi connectivity index (χ3v) is 1.47.